The Morgan fingerprint density at radius 3 is 2.91 bits per heavy atom. The first-order valence-electron chi connectivity index (χ1n) is 11.8. The molecule has 0 atom stereocenters. The highest BCUT2D eigenvalue weighted by Gasteiger charge is 2.23. The van der Waals surface area contributed by atoms with Gasteiger partial charge in [-0.05, 0) is 24.3 Å². The second-order valence-corrected chi connectivity index (χ2v) is 10.2. The molecule has 0 saturated carbocycles. The molecule has 7 rings (SSSR count). The zero-order valence-electron chi connectivity index (χ0n) is 19.1. The third kappa shape index (κ3) is 3.78. The molecule has 1 saturated heterocycles. The highest BCUT2D eigenvalue weighted by Crippen LogP contribution is 2.37. The number of hydrogen-bond donors (Lipinski definition) is 1. The molecule has 1 aromatic carbocycles. The number of aromatic amines is 1. The van der Waals surface area contributed by atoms with E-state index in [1.165, 1.54) is 17.0 Å². The number of nitrogens with zero attached hydrogens (tertiary/aromatic N) is 6. The number of thiophene rings is 1. The Bertz CT molecular complexity index is 1530. The molecule has 0 unspecified atom stereocenters. The molecule has 2 aliphatic heterocycles. The standard InChI is InChI=1S/C25H24FN7OS/c26-16-11-19(18-1-2-27-20(18)12-16)24-29-21-13-17(14-31-5-6-32-4-3-28-22(32)15-31)35-23(21)25(30-24)33-7-9-34-10-8-33/h1-4,11-13,27H,5-10,14-15H2. The normalized spacial score (nSPS) is 16.9. The van der Waals surface area contributed by atoms with E-state index in [1.807, 2.05) is 24.7 Å². The summed E-state index contributed by atoms with van der Waals surface area (Å²) in [7, 11) is 0. The van der Waals surface area contributed by atoms with Crippen LogP contribution in [0.3, 0.4) is 0 Å². The van der Waals surface area contributed by atoms with Gasteiger partial charge in [0.1, 0.15) is 11.6 Å². The fourth-order valence-electron chi connectivity index (χ4n) is 5.05. The maximum atomic E-state index is 14.5. The van der Waals surface area contributed by atoms with Gasteiger partial charge in [0.25, 0.3) is 0 Å². The van der Waals surface area contributed by atoms with Crippen LogP contribution in [-0.4, -0.2) is 62.3 Å². The molecular weight excluding hydrogens is 465 g/mol. The van der Waals surface area contributed by atoms with Gasteiger partial charge in [-0.15, -0.1) is 11.3 Å². The molecular formula is C25H24FN7OS. The van der Waals surface area contributed by atoms with Crippen LogP contribution in [0.5, 0.6) is 0 Å². The molecule has 6 heterocycles. The smallest absolute Gasteiger partial charge is 0.163 e. The number of ether oxygens (including phenoxy) is 1. The Balaban J connectivity index is 1.31. The number of anilines is 1. The maximum Gasteiger partial charge on any atom is 0.163 e. The van der Waals surface area contributed by atoms with E-state index in [4.69, 9.17) is 14.7 Å². The Morgan fingerprint density at radius 1 is 1.09 bits per heavy atom. The second-order valence-electron chi connectivity index (χ2n) is 9.04. The number of aromatic nitrogens is 5. The number of fused-ring (bicyclic) bond motifs is 3. The number of rotatable bonds is 4. The van der Waals surface area contributed by atoms with Crippen LogP contribution in [0.4, 0.5) is 10.2 Å². The van der Waals surface area contributed by atoms with Gasteiger partial charge in [0.15, 0.2) is 11.6 Å². The summed E-state index contributed by atoms with van der Waals surface area (Å²) in [5.41, 5.74) is 2.35. The number of morpholine rings is 1. The van der Waals surface area contributed by atoms with Crippen molar-refractivity contribution in [3.8, 4) is 11.4 Å². The van der Waals surface area contributed by atoms with Gasteiger partial charge in [-0.3, -0.25) is 4.90 Å². The summed E-state index contributed by atoms with van der Waals surface area (Å²) in [6.45, 7) is 6.50. The Labute approximate surface area is 205 Å². The van der Waals surface area contributed by atoms with E-state index >= 15 is 0 Å². The first-order chi connectivity index (χ1) is 17.2. The van der Waals surface area contributed by atoms with Crippen molar-refractivity contribution in [2.75, 3.05) is 37.7 Å². The summed E-state index contributed by atoms with van der Waals surface area (Å²) in [6, 6.07) is 7.16. The van der Waals surface area contributed by atoms with E-state index in [1.54, 1.807) is 11.3 Å². The van der Waals surface area contributed by atoms with Crippen molar-refractivity contribution in [2.24, 2.45) is 0 Å². The van der Waals surface area contributed by atoms with Crippen LogP contribution in [0.2, 0.25) is 0 Å². The summed E-state index contributed by atoms with van der Waals surface area (Å²) >= 11 is 1.75. The van der Waals surface area contributed by atoms with Crippen LogP contribution in [0.15, 0.2) is 42.9 Å². The fraction of sp³-hybridized carbons (Fsp3) is 0.320. The summed E-state index contributed by atoms with van der Waals surface area (Å²) in [4.78, 5) is 23.5. The maximum absolute atomic E-state index is 14.5. The predicted molar refractivity (Wildman–Crippen MR) is 134 cm³/mol. The minimum absolute atomic E-state index is 0.305. The zero-order chi connectivity index (χ0) is 23.4. The molecule has 0 spiro atoms. The topological polar surface area (TPSA) is 75.1 Å². The van der Waals surface area contributed by atoms with Crippen LogP contribution in [0.1, 0.15) is 10.7 Å². The average Bonchev–Trinajstić information content (AvgIpc) is 3.62. The Morgan fingerprint density at radius 2 is 2.00 bits per heavy atom. The van der Waals surface area contributed by atoms with Gasteiger partial charge >= 0.3 is 0 Å². The van der Waals surface area contributed by atoms with E-state index < -0.39 is 0 Å². The van der Waals surface area contributed by atoms with Gasteiger partial charge in [0, 0.05) is 72.7 Å². The van der Waals surface area contributed by atoms with Crippen molar-refractivity contribution in [1.29, 1.82) is 0 Å². The third-order valence-electron chi connectivity index (χ3n) is 6.79. The van der Waals surface area contributed by atoms with E-state index in [0.29, 0.717) is 24.6 Å². The minimum atomic E-state index is -0.305. The van der Waals surface area contributed by atoms with E-state index in [2.05, 4.69) is 30.4 Å². The van der Waals surface area contributed by atoms with Gasteiger partial charge in [-0.2, -0.15) is 0 Å². The lowest BCUT2D eigenvalue weighted by Gasteiger charge is -2.28. The molecule has 178 valence electrons. The summed E-state index contributed by atoms with van der Waals surface area (Å²) in [5.74, 6) is 2.26. The van der Waals surface area contributed by atoms with Crippen LogP contribution in [-0.2, 0) is 24.4 Å². The number of halogens is 1. The lowest BCUT2D eigenvalue weighted by Crippen LogP contribution is -2.36. The van der Waals surface area contributed by atoms with Crippen molar-refractivity contribution in [2.45, 2.75) is 19.6 Å². The molecule has 0 radical (unpaired) electrons. The van der Waals surface area contributed by atoms with Crippen molar-refractivity contribution in [1.82, 2.24) is 29.4 Å². The fourth-order valence-corrected chi connectivity index (χ4v) is 6.20. The molecule has 8 nitrogen and oxygen atoms in total. The first-order valence-corrected chi connectivity index (χ1v) is 12.7. The molecule has 4 aromatic heterocycles. The summed E-state index contributed by atoms with van der Waals surface area (Å²) in [5, 5.41) is 0.915. The quantitative estimate of drug-likeness (QED) is 0.411. The van der Waals surface area contributed by atoms with Crippen LogP contribution in [0.25, 0.3) is 32.5 Å². The molecule has 35 heavy (non-hydrogen) atoms. The van der Waals surface area contributed by atoms with Gasteiger partial charge in [0.05, 0.1) is 30.0 Å². The molecule has 10 heteroatoms. The van der Waals surface area contributed by atoms with Crippen molar-refractivity contribution < 1.29 is 9.13 Å². The highest BCUT2D eigenvalue weighted by atomic mass is 32.1. The predicted octanol–water partition coefficient (Wildman–Crippen LogP) is 4.03. The molecule has 0 aliphatic carbocycles. The number of hydrogen-bond acceptors (Lipinski definition) is 7. The van der Waals surface area contributed by atoms with Gasteiger partial charge in [-0.1, -0.05) is 0 Å². The minimum Gasteiger partial charge on any atom is -0.378 e. The highest BCUT2D eigenvalue weighted by molar-refractivity contribution is 7.19. The molecule has 5 aromatic rings. The zero-order valence-corrected chi connectivity index (χ0v) is 19.9. The number of nitrogens with one attached hydrogen (secondary N) is 1. The Hall–Kier alpha value is -3.34. The Kier molecular flexibility index (Phi) is 5.04. The molecule has 1 fully saturated rings. The molecule has 0 amide bonds. The van der Waals surface area contributed by atoms with Gasteiger partial charge in [-0.25, -0.2) is 19.3 Å². The molecule has 0 bridgehead atoms. The summed E-state index contributed by atoms with van der Waals surface area (Å²) in [6.07, 6.45) is 5.74. The number of benzene rings is 1. The summed E-state index contributed by atoms with van der Waals surface area (Å²) < 4.78 is 23.3. The van der Waals surface area contributed by atoms with E-state index in [9.17, 15) is 4.39 Å². The SMILES string of the molecule is Fc1cc(-c2nc(N3CCOCC3)c3sc(CN4CCn5ccnc5C4)cc3n2)c2cc[nH]c2c1. The van der Waals surface area contributed by atoms with Crippen LogP contribution >= 0.6 is 11.3 Å². The second kappa shape index (κ2) is 8.40. The number of H-pyrrole nitrogens is 1. The first kappa shape index (κ1) is 21.0. The van der Waals surface area contributed by atoms with Crippen molar-refractivity contribution in [3.05, 3.63) is 59.4 Å². The average molecular weight is 490 g/mol. The lowest BCUT2D eigenvalue weighted by molar-refractivity contribution is 0.122. The molecule has 2 aliphatic rings. The van der Waals surface area contributed by atoms with Crippen molar-refractivity contribution in [3.63, 3.8) is 0 Å². The van der Waals surface area contributed by atoms with Gasteiger partial charge < -0.3 is 19.2 Å². The number of imidazole rings is 1. The molecule has 1 N–H and O–H groups in total. The van der Waals surface area contributed by atoms with Crippen LogP contribution in [0, 0.1) is 5.82 Å². The van der Waals surface area contributed by atoms with E-state index in [-0.39, 0.29) is 5.82 Å². The van der Waals surface area contributed by atoms with Crippen molar-refractivity contribution >= 4 is 38.3 Å². The van der Waals surface area contributed by atoms with Gasteiger partial charge in [0.2, 0.25) is 0 Å². The van der Waals surface area contributed by atoms with Crippen LogP contribution < -0.4 is 4.90 Å². The lowest BCUT2D eigenvalue weighted by atomic mass is 10.1. The third-order valence-corrected chi connectivity index (χ3v) is 7.90. The van der Waals surface area contributed by atoms with E-state index in [0.717, 1.165) is 72.0 Å². The largest absolute Gasteiger partial charge is 0.378 e. The monoisotopic (exact) mass is 489 g/mol.